The quantitative estimate of drug-likeness (QED) is 0.104. The summed E-state index contributed by atoms with van der Waals surface area (Å²) >= 11 is 0. The molecule has 5 aliphatic rings. The monoisotopic (exact) mass is 514 g/mol. The van der Waals surface area contributed by atoms with Crippen molar-refractivity contribution in [1.29, 1.82) is 0 Å². The average molecular weight is 514 g/mol. The van der Waals surface area contributed by atoms with Crippen molar-refractivity contribution < 1.29 is 29.7 Å². The molecule has 0 aliphatic carbocycles. The highest BCUT2D eigenvalue weighted by atomic mass is 16.7. The van der Waals surface area contributed by atoms with Crippen LogP contribution in [-0.2, 0) is 9.59 Å². The van der Waals surface area contributed by atoms with E-state index in [9.17, 15) is 50.0 Å². The van der Waals surface area contributed by atoms with Gasteiger partial charge in [0.2, 0.25) is 36.5 Å². The van der Waals surface area contributed by atoms with Crippen LogP contribution in [0.3, 0.4) is 0 Å². The van der Waals surface area contributed by atoms with Crippen LogP contribution < -0.4 is 0 Å². The van der Waals surface area contributed by atoms with Gasteiger partial charge in [-0.2, -0.15) is 0 Å². The third kappa shape index (κ3) is 2.85. The molecule has 4 unspecified atom stereocenters. The molecule has 2 amide bonds. The lowest BCUT2D eigenvalue weighted by Gasteiger charge is -2.48. The van der Waals surface area contributed by atoms with Crippen LogP contribution in [0.15, 0.2) is 10.2 Å². The van der Waals surface area contributed by atoms with Gasteiger partial charge >= 0.3 is 0 Å². The number of rotatable bonds is 8. The highest BCUT2D eigenvalue weighted by Gasteiger charge is 2.85. The number of carbonyl (C=O) groups is 2. The molecule has 0 aromatic heterocycles. The van der Waals surface area contributed by atoms with Gasteiger partial charge in [-0.15, -0.1) is 0 Å². The van der Waals surface area contributed by atoms with Crippen LogP contribution in [0.1, 0.15) is 0 Å². The van der Waals surface area contributed by atoms with Crippen LogP contribution in [0.5, 0.6) is 0 Å². The molecule has 5 fully saturated rings. The first kappa shape index (κ1) is 23.5. The lowest BCUT2D eigenvalue weighted by molar-refractivity contribution is -0.746. The Kier molecular flexibility index (Phi) is 5.22. The maximum absolute atomic E-state index is 13.0. The van der Waals surface area contributed by atoms with Crippen molar-refractivity contribution in [3.05, 3.63) is 61.3 Å². The van der Waals surface area contributed by atoms with Gasteiger partial charge < -0.3 is 0 Å². The Hall–Kier alpha value is -5.64. The summed E-state index contributed by atoms with van der Waals surface area (Å²) in [7, 11) is 0. The van der Waals surface area contributed by atoms with Crippen molar-refractivity contribution in [3.8, 4) is 0 Å². The van der Waals surface area contributed by atoms with Gasteiger partial charge in [0.15, 0.2) is 20.1 Å². The van der Waals surface area contributed by atoms with E-state index in [4.69, 9.17) is 11.1 Å². The molecule has 0 aromatic rings. The van der Waals surface area contributed by atoms with Crippen LogP contribution >= 0.6 is 0 Å². The summed E-state index contributed by atoms with van der Waals surface area (Å²) in [5, 5.41) is 49.3. The van der Waals surface area contributed by atoms with Crippen molar-refractivity contribution >= 4 is 11.8 Å². The molecule has 0 spiro atoms. The zero-order valence-corrected chi connectivity index (χ0v) is 17.1. The highest BCUT2D eigenvalue weighted by molar-refractivity contribution is 5.82. The van der Waals surface area contributed by atoms with E-state index in [1.807, 2.05) is 0 Å². The highest BCUT2D eigenvalue weighted by Crippen LogP contribution is 2.51. The summed E-state index contributed by atoms with van der Waals surface area (Å²) in [6.45, 7) is -2.14. The Morgan fingerprint density at radius 3 is 1.06 bits per heavy atom. The second-order valence-electron chi connectivity index (χ2n) is 7.33. The Labute approximate surface area is 194 Å². The van der Waals surface area contributed by atoms with E-state index in [2.05, 4.69) is 20.1 Å². The molecule has 5 rings (SSSR count). The van der Waals surface area contributed by atoms with Crippen molar-refractivity contribution in [3.63, 3.8) is 0 Å². The first-order chi connectivity index (χ1) is 17.0. The summed E-state index contributed by atoms with van der Waals surface area (Å²) in [5.74, 6) is -2.62. The first-order valence-electron chi connectivity index (χ1n) is 9.35. The molecular weight excluding hydrogens is 504 g/mol. The van der Waals surface area contributed by atoms with Gasteiger partial charge in [-0.05, 0) is 11.1 Å². The molecular formula is C10H10N16O10. The summed E-state index contributed by atoms with van der Waals surface area (Å²) in [6, 6.07) is 0. The second kappa shape index (κ2) is 7.99. The number of azide groups is 2. The third-order valence-corrected chi connectivity index (χ3v) is 5.98. The van der Waals surface area contributed by atoms with E-state index < -0.39 is 82.0 Å². The predicted octanol–water partition coefficient (Wildman–Crippen LogP) is -2.75. The van der Waals surface area contributed by atoms with Crippen LogP contribution in [0.25, 0.3) is 20.9 Å². The number of piperazine rings is 1. The molecule has 190 valence electrons. The van der Waals surface area contributed by atoms with Gasteiger partial charge in [-0.3, -0.25) is 19.4 Å². The third-order valence-electron chi connectivity index (χ3n) is 5.98. The van der Waals surface area contributed by atoms with Crippen LogP contribution in [-0.4, -0.2) is 112 Å². The van der Waals surface area contributed by atoms with E-state index in [1.165, 1.54) is 0 Å². The van der Waals surface area contributed by atoms with Crippen LogP contribution in [0.2, 0.25) is 0 Å². The largest absolute Gasteiger partial charge is 0.283 e. The SMILES string of the molecule is [N-]=[N+]=NCC(=O)N1C2C3N(C(=O)CN=[N+]=[N-])C4C1N([N+](=O)[O-])C(C(N2[N+](=O)[O-])N3[N+](=O)[O-])N4[N+](=O)[O-]. The molecule has 36 heavy (non-hydrogen) atoms. The van der Waals surface area contributed by atoms with Crippen LogP contribution in [0, 0.1) is 40.5 Å². The zero-order valence-electron chi connectivity index (χ0n) is 17.1. The fraction of sp³-hybridized carbons (Fsp3) is 0.800. The van der Waals surface area contributed by atoms with Crippen molar-refractivity contribution in [2.75, 3.05) is 13.1 Å². The Morgan fingerprint density at radius 1 is 0.611 bits per heavy atom. The fourth-order valence-electron chi connectivity index (χ4n) is 5.07. The fourth-order valence-corrected chi connectivity index (χ4v) is 5.07. The van der Waals surface area contributed by atoms with Crippen LogP contribution in [0.4, 0.5) is 0 Å². The smallest absolute Gasteiger partial charge is 0.272 e. The standard InChI is InChI=1S/C10H10N16O10/c11-15-13-1-3(27)17-5-7-18(4(28)2-14-16-12)8-6(17)20(24(31)32)10(22(8)26(35)36)9(19(5)23(29)30)21(7)25(33)34/h5-10H,1-2H2. The summed E-state index contributed by atoms with van der Waals surface area (Å²) < 4.78 is 0. The van der Waals surface area contributed by atoms with E-state index in [1.54, 1.807) is 0 Å². The minimum atomic E-state index is -2.37. The normalized spacial score (nSPS) is 29.0. The second-order valence-corrected chi connectivity index (χ2v) is 7.33. The molecule has 0 N–H and O–H groups in total. The molecule has 4 atom stereocenters. The van der Waals surface area contributed by atoms with E-state index in [0.29, 0.717) is 9.80 Å². The number of nitrogens with zero attached hydrogens (tertiary/aromatic N) is 16. The van der Waals surface area contributed by atoms with Gasteiger partial charge in [0, 0.05) is 9.82 Å². The lowest BCUT2D eigenvalue weighted by atomic mass is 10.1. The topological polar surface area (TPSA) is 324 Å². The maximum Gasteiger partial charge on any atom is 0.272 e. The molecule has 5 saturated heterocycles. The molecule has 26 nitrogen and oxygen atoms in total. The minimum absolute atomic E-state index is 0.0162. The van der Waals surface area contributed by atoms with E-state index in [-0.39, 0.29) is 20.0 Å². The maximum atomic E-state index is 13.0. The summed E-state index contributed by atoms with van der Waals surface area (Å²) in [6.07, 6.45) is -13.2. The van der Waals surface area contributed by atoms with Gasteiger partial charge in [-0.25, -0.2) is 40.5 Å². The zero-order chi connectivity index (χ0) is 26.6. The number of hydrogen-bond acceptors (Lipinski definition) is 12. The van der Waals surface area contributed by atoms with Crippen molar-refractivity contribution in [2.24, 2.45) is 10.2 Å². The Morgan fingerprint density at radius 2 is 0.861 bits per heavy atom. The Balaban J connectivity index is 2.08. The van der Waals surface area contributed by atoms with Crippen molar-refractivity contribution in [1.82, 2.24) is 29.8 Å². The van der Waals surface area contributed by atoms with Gasteiger partial charge in [0.05, 0.1) is 0 Å². The number of amides is 2. The molecule has 5 aliphatic heterocycles. The Bertz CT molecular complexity index is 1030. The average Bonchev–Trinajstić information content (AvgIpc) is 3.25. The van der Waals surface area contributed by atoms with Gasteiger partial charge in [-0.1, -0.05) is 30.3 Å². The summed E-state index contributed by atoms with van der Waals surface area (Å²) in [5.41, 5.74) is 17.1. The van der Waals surface area contributed by atoms with E-state index in [0.717, 1.165) is 0 Å². The number of hydrazine groups is 4. The first-order valence-corrected chi connectivity index (χ1v) is 9.35. The van der Waals surface area contributed by atoms with Crippen molar-refractivity contribution in [2.45, 2.75) is 37.0 Å². The lowest BCUT2D eigenvalue weighted by Crippen LogP contribution is -2.77. The molecule has 26 heteroatoms. The minimum Gasteiger partial charge on any atom is -0.283 e. The number of nitro groups is 4. The molecule has 0 saturated carbocycles. The van der Waals surface area contributed by atoms with Gasteiger partial charge in [0.25, 0.3) is 12.3 Å². The number of carbonyl (C=O) groups excluding carboxylic acids is 2. The molecule has 6 bridgehead atoms. The molecule has 5 heterocycles. The van der Waals surface area contributed by atoms with E-state index >= 15 is 0 Å². The summed E-state index contributed by atoms with van der Waals surface area (Å²) in [4.78, 5) is 79.8. The predicted molar refractivity (Wildman–Crippen MR) is 99.8 cm³/mol. The van der Waals surface area contributed by atoms with Gasteiger partial charge in [0.1, 0.15) is 13.1 Å². The molecule has 0 radical (unpaired) electrons. The number of hydrogen-bond donors (Lipinski definition) is 0. The molecule has 0 aromatic carbocycles.